The molecule has 32 heavy (non-hydrogen) atoms. The Morgan fingerprint density at radius 3 is 2.28 bits per heavy atom. The van der Waals surface area contributed by atoms with Crippen molar-refractivity contribution in [2.75, 3.05) is 43.2 Å². The van der Waals surface area contributed by atoms with Crippen molar-refractivity contribution in [2.24, 2.45) is 0 Å². The van der Waals surface area contributed by atoms with Crippen molar-refractivity contribution in [3.05, 3.63) is 83.2 Å². The highest BCUT2D eigenvalue weighted by Crippen LogP contribution is 2.49. The number of hydrogen-bond acceptors (Lipinski definition) is 6. The van der Waals surface area contributed by atoms with Gasteiger partial charge in [-0.3, -0.25) is 0 Å². The number of rotatable bonds is 7. The highest BCUT2D eigenvalue weighted by atomic mass is 32.2. The summed E-state index contributed by atoms with van der Waals surface area (Å²) in [5.74, 6) is -0.392. The third-order valence-electron chi connectivity index (χ3n) is 6.11. The topological polar surface area (TPSA) is 45.7 Å². The summed E-state index contributed by atoms with van der Waals surface area (Å²) in [7, 11) is 4.02. The second kappa shape index (κ2) is 8.87. The van der Waals surface area contributed by atoms with Crippen LogP contribution in [0.1, 0.15) is 41.0 Å². The maximum Gasteiger partial charge on any atom is 0.358 e. The molecule has 2 aromatic carbocycles. The van der Waals surface area contributed by atoms with Crippen molar-refractivity contribution < 1.29 is 9.53 Å². The number of aromatic nitrogens is 1. The molecule has 4 rings (SSSR count). The average molecular weight is 448 g/mol. The van der Waals surface area contributed by atoms with Gasteiger partial charge in [0.05, 0.1) is 0 Å². The quantitative estimate of drug-likeness (QED) is 0.367. The first-order valence-electron chi connectivity index (χ1n) is 10.9. The number of hydrogen-bond donors (Lipinski definition) is 0. The molecule has 0 aliphatic carbocycles. The molecule has 1 unspecified atom stereocenters. The molecule has 2 heterocycles. The van der Waals surface area contributed by atoms with Crippen LogP contribution in [0.4, 0.5) is 11.4 Å². The Kier molecular flexibility index (Phi) is 6.15. The Bertz CT molecular complexity index is 1130. The Hall–Kier alpha value is -2.99. The van der Waals surface area contributed by atoms with Crippen LogP contribution in [0.5, 0.6) is 0 Å². The van der Waals surface area contributed by atoms with Crippen LogP contribution in [0.3, 0.4) is 0 Å². The van der Waals surface area contributed by atoms with E-state index in [1.165, 1.54) is 0 Å². The SMILES string of the molecule is CCN(CC)c1ccc(C2(c3ccc(N(C)C)cc3)OC(=O)c3ncccc32)c(SC)c1. The van der Waals surface area contributed by atoms with Crippen molar-refractivity contribution in [1.82, 2.24) is 4.98 Å². The van der Waals surface area contributed by atoms with E-state index < -0.39 is 11.6 Å². The predicted molar refractivity (Wildman–Crippen MR) is 132 cm³/mol. The highest BCUT2D eigenvalue weighted by Gasteiger charge is 2.50. The van der Waals surface area contributed by atoms with Crippen molar-refractivity contribution in [3.8, 4) is 0 Å². The summed E-state index contributed by atoms with van der Waals surface area (Å²) >= 11 is 1.67. The van der Waals surface area contributed by atoms with Gasteiger partial charge in [0.2, 0.25) is 0 Å². The first-order chi connectivity index (χ1) is 15.5. The molecule has 0 amide bonds. The zero-order valence-electron chi connectivity index (χ0n) is 19.3. The lowest BCUT2D eigenvalue weighted by Crippen LogP contribution is -2.31. The first kappa shape index (κ1) is 22.2. The van der Waals surface area contributed by atoms with Crippen molar-refractivity contribution in [1.29, 1.82) is 0 Å². The van der Waals surface area contributed by atoms with Gasteiger partial charge in [0.15, 0.2) is 11.3 Å². The van der Waals surface area contributed by atoms with Gasteiger partial charge in [-0.25, -0.2) is 9.78 Å². The molecular weight excluding hydrogens is 418 g/mol. The number of esters is 1. The summed E-state index contributed by atoms with van der Waals surface area (Å²) < 4.78 is 6.25. The van der Waals surface area contributed by atoms with Crippen LogP contribution in [-0.4, -0.2) is 44.4 Å². The van der Waals surface area contributed by atoms with Crippen LogP contribution in [0.25, 0.3) is 0 Å². The number of anilines is 2. The van der Waals surface area contributed by atoms with Crippen LogP contribution in [0.2, 0.25) is 0 Å². The van der Waals surface area contributed by atoms with E-state index >= 15 is 0 Å². The van der Waals surface area contributed by atoms with Crippen molar-refractivity contribution in [3.63, 3.8) is 0 Å². The number of pyridine rings is 1. The van der Waals surface area contributed by atoms with E-state index in [0.29, 0.717) is 5.69 Å². The standard InChI is InChI=1S/C26H29N3O2S/c1-6-29(7-2)20-14-15-21(23(17-20)32-5)26(18-10-12-19(13-11-18)28(3)4)22-9-8-16-27-24(22)25(30)31-26/h8-17H,6-7H2,1-5H3. The number of nitrogens with zero attached hydrogens (tertiary/aromatic N) is 3. The smallest absolute Gasteiger partial charge is 0.358 e. The third kappa shape index (κ3) is 3.52. The number of benzene rings is 2. The van der Waals surface area contributed by atoms with Gasteiger partial charge in [-0.15, -0.1) is 11.8 Å². The molecule has 0 radical (unpaired) electrons. The molecule has 1 aliphatic rings. The molecule has 0 spiro atoms. The Morgan fingerprint density at radius 1 is 0.969 bits per heavy atom. The van der Waals surface area contributed by atoms with E-state index in [2.05, 4.69) is 65.2 Å². The summed E-state index contributed by atoms with van der Waals surface area (Å²) in [4.78, 5) is 22.8. The number of cyclic esters (lactones) is 1. The lowest BCUT2D eigenvalue weighted by Gasteiger charge is -2.33. The summed E-state index contributed by atoms with van der Waals surface area (Å²) in [6, 6.07) is 18.5. The number of ether oxygens (including phenoxy) is 1. The fourth-order valence-corrected chi connectivity index (χ4v) is 5.09. The van der Waals surface area contributed by atoms with Gasteiger partial charge < -0.3 is 14.5 Å². The lowest BCUT2D eigenvalue weighted by molar-refractivity contribution is 0.0241. The fourth-order valence-electron chi connectivity index (χ4n) is 4.41. The lowest BCUT2D eigenvalue weighted by atomic mass is 9.80. The summed E-state index contributed by atoms with van der Waals surface area (Å²) in [6.45, 7) is 6.18. The minimum Gasteiger partial charge on any atom is -0.439 e. The van der Waals surface area contributed by atoms with Gasteiger partial charge in [-0.05, 0) is 50.4 Å². The first-order valence-corrected chi connectivity index (χ1v) is 12.1. The maximum atomic E-state index is 13.0. The molecular formula is C26H29N3O2S. The molecule has 0 N–H and O–H groups in total. The van der Waals surface area contributed by atoms with E-state index in [1.807, 2.05) is 38.4 Å². The second-order valence-corrected chi connectivity index (χ2v) is 8.82. The van der Waals surface area contributed by atoms with Crippen LogP contribution in [0, 0.1) is 0 Å². The normalized spacial score (nSPS) is 17.1. The number of thioether (sulfide) groups is 1. The zero-order chi connectivity index (χ0) is 22.9. The minimum absolute atomic E-state index is 0.379. The number of carbonyl (C=O) groups excluding carboxylic acids is 1. The summed E-state index contributed by atoms with van der Waals surface area (Å²) in [5, 5.41) is 0. The van der Waals surface area contributed by atoms with E-state index in [1.54, 1.807) is 18.0 Å². The van der Waals surface area contributed by atoms with Crippen LogP contribution in [0.15, 0.2) is 65.7 Å². The van der Waals surface area contributed by atoms with Gasteiger partial charge in [0.1, 0.15) is 0 Å². The molecule has 1 atom stereocenters. The molecule has 0 fully saturated rings. The van der Waals surface area contributed by atoms with E-state index in [9.17, 15) is 4.79 Å². The van der Waals surface area contributed by atoms with Crippen LogP contribution >= 0.6 is 11.8 Å². The Labute approximate surface area is 194 Å². The van der Waals surface area contributed by atoms with Gasteiger partial charge in [0.25, 0.3) is 0 Å². The van der Waals surface area contributed by atoms with E-state index in [0.717, 1.165) is 46.1 Å². The van der Waals surface area contributed by atoms with Gasteiger partial charge in [0, 0.05) is 66.3 Å². The maximum absolute atomic E-state index is 13.0. The second-order valence-electron chi connectivity index (χ2n) is 7.97. The van der Waals surface area contributed by atoms with Crippen molar-refractivity contribution in [2.45, 2.75) is 24.3 Å². The molecule has 0 saturated heterocycles. The van der Waals surface area contributed by atoms with E-state index in [4.69, 9.17) is 4.74 Å². The highest BCUT2D eigenvalue weighted by molar-refractivity contribution is 7.98. The molecule has 1 aromatic heterocycles. The molecule has 6 heteroatoms. The fraction of sp³-hybridized carbons (Fsp3) is 0.308. The van der Waals surface area contributed by atoms with Crippen LogP contribution in [-0.2, 0) is 10.3 Å². The van der Waals surface area contributed by atoms with Gasteiger partial charge >= 0.3 is 5.97 Å². The molecule has 5 nitrogen and oxygen atoms in total. The number of fused-ring (bicyclic) bond motifs is 1. The van der Waals surface area contributed by atoms with Crippen molar-refractivity contribution >= 4 is 29.1 Å². The molecule has 166 valence electrons. The van der Waals surface area contributed by atoms with Crippen LogP contribution < -0.4 is 9.80 Å². The Morgan fingerprint density at radius 2 is 1.66 bits per heavy atom. The molecule has 3 aromatic rings. The predicted octanol–water partition coefficient (Wildman–Crippen LogP) is 5.18. The molecule has 0 saturated carbocycles. The van der Waals surface area contributed by atoms with Gasteiger partial charge in [-0.2, -0.15) is 0 Å². The summed E-state index contributed by atoms with van der Waals surface area (Å²) in [5.41, 5.74) is 4.25. The molecule has 1 aliphatic heterocycles. The van der Waals surface area contributed by atoms with Gasteiger partial charge in [-0.1, -0.05) is 24.3 Å². The Balaban J connectivity index is 1.97. The third-order valence-corrected chi connectivity index (χ3v) is 6.89. The number of carbonyl (C=O) groups is 1. The minimum atomic E-state index is -1.04. The molecule has 0 bridgehead atoms. The summed E-state index contributed by atoms with van der Waals surface area (Å²) in [6.07, 6.45) is 3.71. The average Bonchev–Trinajstić information content (AvgIpc) is 3.13. The monoisotopic (exact) mass is 447 g/mol. The van der Waals surface area contributed by atoms with E-state index in [-0.39, 0.29) is 0 Å². The largest absolute Gasteiger partial charge is 0.439 e. The zero-order valence-corrected chi connectivity index (χ0v) is 20.1.